The van der Waals surface area contributed by atoms with Crippen LogP contribution in [-0.4, -0.2) is 39.6 Å². The number of fused-ring (bicyclic) bond motifs is 2. The minimum Gasteiger partial charge on any atom is -0.490 e. The average Bonchev–Trinajstić information content (AvgIpc) is 3.10. The second kappa shape index (κ2) is 7.66. The van der Waals surface area contributed by atoms with E-state index in [9.17, 15) is 0 Å². The smallest absolute Gasteiger partial charge is 0.119 e. The zero-order chi connectivity index (χ0) is 20.7. The summed E-state index contributed by atoms with van der Waals surface area (Å²) in [6.45, 7) is 8.37. The van der Waals surface area contributed by atoms with E-state index in [1.165, 1.54) is 24.9 Å². The Bertz CT molecular complexity index is 1030. The van der Waals surface area contributed by atoms with Crippen LogP contribution in [-0.2, 0) is 0 Å². The molecule has 2 fully saturated rings. The standard InChI is InChI=1S/C26H31N3O/c1-18(2)29-15-12-26(3)17-22(9-11-25(26)29)30-21-7-4-19(5-8-21)20-6-10-23-24(16-20)28-14-13-27-23/h4-8,10,13-14,16,18,22,25H,9,11-12,15,17H2,1-3H3. The summed E-state index contributed by atoms with van der Waals surface area (Å²) in [4.78, 5) is 11.5. The molecule has 156 valence electrons. The predicted molar refractivity (Wildman–Crippen MR) is 122 cm³/mol. The van der Waals surface area contributed by atoms with Gasteiger partial charge in [-0.3, -0.25) is 14.9 Å². The summed E-state index contributed by atoms with van der Waals surface area (Å²) in [6.07, 6.45) is 8.63. The first kappa shape index (κ1) is 19.5. The van der Waals surface area contributed by atoms with Gasteiger partial charge in [0.15, 0.2) is 0 Å². The molecule has 0 bridgehead atoms. The molecule has 1 saturated carbocycles. The first-order valence-electron chi connectivity index (χ1n) is 11.3. The van der Waals surface area contributed by atoms with Crippen molar-refractivity contribution in [3.05, 3.63) is 54.9 Å². The van der Waals surface area contributed by atoms with Gasteiger partial charge in [0, 0.05) is 24.5 Å². The summed E-state index contributed by atoms with van der Waals surface area (Å²) in [7, 11) is 0. The largest absolute Gasteiger partial charge is 0.490 e. The maximum atomic E-state index is 6.44. The summed E-state index contributed by atoms with van der Waals surface area (Å²) >= 11 is 0. The van der Waals surface area contributed by atoms with E-state index in [0.29, 0.717) is 17.6 Å². The molecule has 5 rings (SSSR count). The molecule has 1 saturated heterocycles. The second-order valence-corrected chi connectivity index (χ2v) is 9.56. The van der Waals surface area contributed by atoms with Crippen molar-refractivity contribution in [2.75, 3.05) is 6.54 Å². The number of likely N-dealkylation sites (tertiary alicyclic amines) is 1. The molecule has 1 aromatic heterocycles. The summed E-state index contributed by atoms with van der Waals surface area (Å²) in [6, 6.07) is 16.1. The number of rotatable bonds is 4. The molecule has 2 aromatic carbocycles. The lowest BCUT2D eigenvalue weighted by molar-refractivity contribution is 0.0274. The lowest BCUT2D eigenvalue weighted by Crippen LogP contribution is -2.47. The Morgan fingerprint density at radius 3 is 2.47 bits per heavy atom. The van der Waals surface area contributed by atoms with Crippen molar-refractivity contribution in [3.8, 4) is 16.9 Å². The van der Waals surface area contributed by atoms with Gasteiger partial charge in [-0.1, -0.05) is 25.1 Å². The van der Waals surface area contributed by atoms with Gasteiger partial charge in [0.25, 0.3) is 0 Å². The lowest BCUT2D eigenvalue weighted by atomic mass is 9.70. The summed E-state index contributed by atoms with van der Waals surface area (Å²) in [5, 5.41) is 0. The molecular weight excluding hydrogens is 370 g/mol. The minimum atomic E-state index is 0.320. The van der Waals surface area contributed by atoms with Crippen molar-refractivity contribution in [1.82, 2.24) is 14.9 Å². The van der Waals surface area contributed by atoms with Gasteiger partial charge in [-0.15, -0.1) is 0 Å². The second-order valence-electron chi connectivity index (χ2n) is 9.56. The Labute approximate surface area is 179 Å². The molecule has 3 aromatic rings. The number of hydrogen-bond donors (Lipinski definition) is 0. The Hall–Kier alpha value is -2.46. The molecule has 4 heteroatoms. The summed E-state index contributed by atoms with van der Waals surface area (Å²) < 4.78 is 6.44. The normalized spacial score (nSPS) is 26.8. The van der Waals surface area contributed by atoms with Gasteiger partial charge in [0.05, 0.1) is 17.1 Å². The first-order chi connectivity index (χ1) is 14.5. The molecule has 30 heavy (non-hydrogen) atoms. The molecule has 2 heterocycles. The van der Waals surface area contributed by atoms with Crippen LogP contribution in [0.5, 0.6) is 5.75 Å². The van der Waals surface area contributed by atoms with Crippen LogP contribution in [0.3, 0.4) is 0 Å². The fourth-order valence-electron chi connectivity index (χ4n) is 5.61. The topological polar surface area (TPSA) is 38.2 Å². The number of nitrogens with zero attached hydrogens (tertiary/aromatic N) is 3. The van der Waals surface area contributed by atoms with E-state index < -0.39 is 0 Å². The third kappa shape index (κ3) is 3.58. The molecule has 1 aliphatic heterocycles. The quantitative estimate of drug-likeness (QED) is 0.561. The SMILES string of the molecule is CC(C)N1CCC2(C)CC(Oc3ccc(-c4ccc5nccnc5c4)cc3)CCC12. The van der Waals surface area contributed by atoms with Gasteiger partial charge in [-0.05, 0) is 86.9 Å². The first-order valence-corrected chi connectivity index (χ1v) is 11.3. The third-order valence-corrected chi connectivity index (χ3v) is 7.22. The van der Waals surface area contributed by atoms with Crippen molar-refractivity contribution >= 4 is 11.0 Å². The molecule has 3 unspecified atom stereocenters. The molecule has 1 aliphatic carbocycles. The Morgan fingerprint density at radius 1 is 0.967 bits per heavy atom. The highest BCUT2D eigenvalue weighted by Gasteiger charge is 2.48. The van der Waals surface area contributed by atoms with Crippen LogP contribution < -0.4 is 4.74 Å². The van der Waals surface area contributed by atoms with Crippen molar-refractivity contribution < 1.29 is 4.74 Å². The van der Waals surface area contributed by atoms with E-state index in [-0.39, 0.29) is 0 Å². The molecule has 0 amide bonds. The van der Waals surface area contributed by atoms with Gasteiger partial charge >= 0.3 is 0 Å². The zero-order valence-electron chi connectivity index (χ0n) is 18.2. The molecule has 0 spiro atoms. The molecule has 3 atom stereocenters. The maximum Gasteiger partial charge on any atom is 0.119 e. The van der Waals surface area contributed by atoms with Gasteiger partial charge in [0.2, 0.25) is 0 Å². The number of ether oxygens (including phenoxy) is 1. The summed E-state index contributed by atoms with van der Waals surface area (Å²) in [5.41, 5.74) is 4.57. The average molecular weight is 402 g/mol. The number of aromatic nitrogens is 2. The van der Waals surface area contributed by atoms with E-state index in [1.54, 1.807) is 12.4 Å². The maximum absolute atomic E-state index is 6.44. The number of hydrogen-bond acceptors (Lipinski definition) is 4. The molecule has 0 radical (unpaired) electrons. The van der Waals surface area contributed by atoms with Crippen LogP contribution in [0.2, 0.25) is 0 Å². The van der Waals surface area contributed by atoms with Crippen molar-refractivity contribution in [3.63, 3.8) is 0 Å². The Balaban J connectivity index is 1.27. The van der Waals surface area contributed by atoms with E-state index in [2.05, 4.69) is 72.0 Å². The van der Waals surface area contributed by atoms with Crippen LogP contribution in [0.4, 0.5) is 0 Å². The van der Waals surface area contributed by atoms with Crippen molar-refractivity contribution in [2.45, 2.75) is 64.6 Å². The van der Waals surface area contributed by atoms with Crippen LogP contribution in [0.15, 0.2) is 54.9 Å². The van der Waals surface area contributed by atoms with E-state index >= 15 is 0 Å². The molecular formula is C26H31N3O. The molecule has 4 nitrogen and oxygen atoms in total. The highest BCUT2D eigenvalue weighted by molar-refractivity contribution is 5.81. The van der Waals surface area contributed by atoms with Gasteiger partial charge in [0.1, 0.15) is 5.75 Å². The van der Waals surface area contributed by atoms with E-state index in [0.717, 1.165) is 41.2 Å². The minimum absolute atomic E-state index is 0.320. The fraction of sp³-hybridized carbons (Fsp3) is 0.462. The van der Waals surface area contributed by atoms with Gasteiger partial charge in [-0.2, -0.15) is 0 Å². The highest BCUT2D eigenvalue weighted by Crippen LogP contribution is 2.48. The Kier molecular flexibility index (Phi) is 4.98. The van der Waals surface area contributed by atoms with E-state index in [1.807, 2.05) is 6.07 Å². The highest BCUT2D eigenvalue weighted by atomic mass is 16.5. The van der Waals surface area contributed by atoms with Crippen LogP contribution >= 0.6 is 0 Å². The third-order valence-electron chi connectivity index (χ3n) is 7.22. The van der Waals surface area contributed by atoms with Gasteiger partial charge in [-0.25, -0.2) is 0 Å². The predicted octanol–water partition coefficient (Wildman–Crippen LogP) is 5.72. The lowest BCUT2D eigenvalue weighted by Gasteiger charge is -2.43. The van der Waals surface area contributed by atoms with Crippen molar-refractivity contribution in [2.24, 2.45) is 5.41 Å². The molecule has 2 aliphatic rings. The van der Waals surface area contributed by atoms with Crippen LogP contribution in [0.1, 0.15) is 46.5 Å². The van der Waals surface area contributed by atoms with Gasteiger partial charge < -0.3 is 4.74 Å². The van der Waals surface area contributed by atoms with Crippen LogP contribution in [0.25, 0.3) is 22.2 Å². The Morgan fingerprint density at radius 2 is 1.70 bits per heavy atom. The van der Waals surface area contributed by atoms with E-state index in [4.69, 9.17) is 4.74 Å². The summed E-state index contributed by atoms with van der Waals surface area (Å²) in [5.74, 6) is 0.977. The van der Waals surface area contributed by atoms with Crippen LogP contribution in [0, 0.1) is 5.41 Å². The fourth-order valence-corrected chi connectivity index (χ4v) is 5.61. The van der Waals surface area contributed by atoms with Crippen molar-refractivity contribution in [1.29, 1.82) is 0 Å². The molecule has 0 N–H and O–H groups in total. The number of benzene rings is 2. The zero-order valence-corrected chi connectivity index (χ0v) is 18.2. The monoisotopic (exact) mass is 401 g/mol.